The number of piperidine rings is 1. The molecule has 4 saturated carbocycles. The molecule has 6 heteroatoms. The van der Waals surface area contributed by atoms with Crippen molar-refractivity contribution in [2.75, 3.05) is 39.9 Å². The lowest BCUT2D eigenvalue weighted by Crippen LogP contribution is -2.49. The fourth-order valence-electron chi connectivity index (χ4n) is 7.73. The molecule has 0 spiro atoms. The number of hydrogen-bond donors (Lipinski definition) is 1. The van der Waals surface area contributed by atoms with Gasteiger partial charge in [0.05, 0.1) is 26.7 Å². The van der Waals surface area contributed by atoms with Gasteiger partial charge < -0.3 is 9.38 Å². The molecule has 1 aliphatic heterocycles. The highest BCUT2D eigenvalue weighted by Gasteiger charge is 2.44. The van der Waals surface area contributed by atoms with Crippen LogP contribution in [-0.4, -0.2) is 49.3 Å². The molecule has 0 radical (unpaired) electrons. The van der Waals surface area contributed by atoms with Crippen molar-refractivity contribution in [3.8, 4) is 0 Å². The van der Waals surface area contributed by atoms with E-state index in [0.717, 1.165) is 60.6 Å². The van der Waals surface area contributed by atoms with Crippen LogP contribution in [0.2, 0.25) is 0 Å². The van der Waals surface area contributed by atoms with E-state index >= 15 is 0 Å². The highest BCUT2D eigenvalue weighted by Crippen LogP contribution is 2.56. The second kappa shape index (κ2) is 13.6. The summed E-state index contributed by atoms with van der Waals surface area (Å²) in [7, 11) is -1.68. The number of hydrogen-bond acceptors (Lipinski definition) is 3. The Balaban J connectivity index is 0.941. The topological polar surface area (TPSA) is 55.8 Å². The van der Waals surface area contributed by atoms with E-state index in [1.807, 2.05) is 5.57 Å². The molecular weight excluding hydrogens is 457 g/mol. The molecule has 5 fully saturated rings. The zero-order chi connectivity index (χ0) is 24.6. The van der Waals surface area contributed by atoms with E-state index in [-0.39, 0.29) is 0 Å². The lowest BCUT2D eigenvalue weighted by molar-refractivity contribution is -0.914. The highest BCUT2D eigenvalue weighted by atomic mass is 31.2. The first-order valence-corrected chi connectivity index (χ1v) is 16.6. The number of unbranched alkanes of at least 4 members (excludes halogenated alkanes) is 8. The highest BCUT2D eigenvalue weighted by molar-refractivity contribution is 7.47. The monoisotopic (exact) mass is 510 g/mol. The molecule has 0 aromatic rings. The summed E-state index contributed by atoms with van der Waals surface area (Å²) in [5.41, 5.74) is 1.87. The zero-order valence-corrected chi connectivity index (χ0v) is 23.4. The number of nitrogens with zero attached hydrogens (tertiary/aromatic N) is 1. The van der Waals surface area contributed by atoms with Crippen LogP contribution in [-0.2, 0) is 13.6 Å². The van der Waals surface area contributed by atoms with Crippen LogP contribution < -0.4 is 0 Å². The first-order valence-electron chi connectivity index (χ1n) is 15.1. The summed E-state index contributed by atoms with van der Waals surface area (Å²) in [5, 5.41) is 0. The lowest BCUT2D eigenvalue weighted by Gasteiger charge is -2.51. The molecule has 5 aliphatic rings. The molecule has 1 N–H and O–H groups in total. The Labute approximate surface area is 215 Å². The molecule has 4 aliphatic carbocycles. The van der Waals surface area contributed by atoms with Crippen LogP contribution in [0.25, 0.3) is 0 Å². The molecule has 5 rings (SSSR count). The fourth-order valence-corrected chi connectivity index (χ4v) is 8.48. The van der Waals surface area contributed by atoms with Gasteiger partial charge >= 0.3 is 7.82 Å². The molecule has 5 nitrogen and oxygen atoms in total. The molecule has 1 unspecified atom stereocenters. The molecule has 1 heterocycles. The van der Waals surface area contributed by atoms with Gasteiger partial charge in [0.1, 0.15) is 13.2 Å². The molecule has 0 aromatic carbocycles. The predicted molar refractivity (Wildman–Crippen MR) is 143 cm³/mol. The minimum Gasteiger partial charge on any atom is -0.324 e. The van der Waals surface area contributed by atoms with Gasteiger partial charge in [-0.2, -0.15) is 0 Å². The third-order valence-electron chi connectivity index (χ3n) is 9.60. The van der Waals surface area contributed by atoms with E-state index in [0.29, 0.717) is 13.2 Å². The summed E-state index contributed by atoms with van der Waals surface area (Å²) in [6, 6.07) is 0. The maximum atomic E-state index is 12.1. The van der Waals surface area contributed by atoms with Gasteiger partial charge in [-0.15, -0.1) is 0 Å². The van der Waals surface area contributed by atoms with Gasteiger partial charge in [0.25, 0.3) is 0 Å². The molecule has 0 amide bonds. The van der Waals surface area contributed by atoms with Gasteiger partial charge in [-0.1, -0.05) is 50.2 Å². The Morgan fingerprint density at radius 3 is 1.97 bits per heavy atom. The van der Waals surface area contributed by atoms with Crippen molar-refractivity contribution in [2.24, 2.45) is 23.7 Å². The summed E-state index contributed by atoms with van der Waals surface area (Å²) in [6.45, 7) is 3.67. The number of rotatable bonds is 16. The largest absolute Gasteiger partial charge is 0.472 e. The second-order valence-corrected chi connectivity index (χ2v) is 14.1. The number of phosphoric acid groups is 1. The third-order valence-corrected chi connectivity index (χ3v) is 10.6. The number of likely N-dealkylation sites (tertiary alicyclic amines) is 1. The Morgan fingerprint density at radius 2 is 1.34 bits per heavy atom. The van der Waals surface area contributed by atoms with Gasteiger partial charge in [-0.3, -0.25) is 9.05 Å². The van der Waals surface area contributed by atoms with Crippen LogP contribution in [0, 0.1) is 23.7 Å². The summed E-state index contributed by atoms with van der Waals surface area (Å²) in [6.07, 6.45) is 25.0. The molecule has 1 saturated heterocycles. The van der Waals surface area contributed by atoms with E-state index in [1.54, 1.807) is 6.42 Å². The first kappa shape index (κ1) is 27.8. The van der Waals surface area contributed by atoms with Crippen molar-refractivity contribution >= 4 is 7.82 Å². The average molecular weight is 511 g/mol. The normalized spacial score (nSPS) is 31.0. The summed E-state index contributed by atoms with van der Waals surface area (Å²) in [4.78, 5) is 9.91. The molecule has 35 heavy (non-hydrogen) atoms. The summed E-state index contributed by atoms with van der Waals surface area (Å²) >= 11 is 0. The van der Waals surface area contributed by atoms with Crippen molar-refractivity contribution in [1.29, 1.82) is 0 Å². The van der Waals surface area contributed by atoms with E-state index < -0.39 is 7.82 Å². The van der Waals surface area contributed by atoms with Crippen LogP contribution in [0.3, 0.4) is 0 Å². The third kappa shape index (κ3) is 8.95. The number of likely N-dealkylation sites (N-methyl/N-ethyl adjacent to an activating group) is 1. The van der Waals surface area contributed by atoms with Gasteiger partial charge in [-0.05, 0) is 94.3 Å². The van der Waals surface area contributed by atoms with Crippen LogP contribution in [0.15, 0.2) is 11.6 Å². The van der Waals surface area contributed by atoms with Gasteiger partial charge in [-0.25, -0.2) is 4.57 Å². The standard InChI is InChI=1S/C29H52NO4P/c1-30(15-11-9-12-16-30)17-19-34-35(31,32)33-18-13-8-6-4-2-3-5-7-10-14-29-27-21-25-20-26(23-27)24-28(29)22-25/h14,25-28H,2-13,15-24H2,1H3/p+1. The van der Waals surface area contributed by atoms with E-state index in [1.165, 1.54) is 89.9 Å². The van der Waals surface area contributed by atoms with Crippen molar-refractivity contribution in [3.63, 3.8) is 0 Å². The number of phosphoric ester groups is 1. The van der Waals surface area contributed by atoms with Crippen molar-refractivity contribution in [2.45, 2.75) is 109 Å². The Kier molecular flexibility index (Phi) is 10.8. The van der Waals surface area contributed by atoms with Gasteiger partial charge in [0.2, 0.25) is 0 Å². The van der Waals surface area contributed by atoms with Crippen molar-refractivity contribution < 1.29 is 23.0 Å². The lowest BCUT2D eigenvalue weighted by atomic mass is 9.54. The average Bonchev–Trinajstić information content (AvgIpc) is 2.81. The van der Waals surface area contributed by atoms with E-state index in [4.69, 9.17) is 9.05 Å². The Hall–Kier alpha value is -0.190. The van der Waals surface area contributed by atoms with Gasteiger partial charge in [0, 0.05) is 0 Å². The second-order valence-electron chi connectivity index (χ2n) is 12.6. The Morgan fingerprint density at radius 1 is 0.800 bits per heavy atom. The quantitative estimate of drug-likeness (QED) is 0.100. The van der Waals surface area contributed by atoms with Crippen LogP contribution in [0.1, 0.15) is 109 Å². The number of allylic oxidation sites excluding steroid dienone is 2. The SMILES string of the molecule is C[N+]1(CCOP(=O)(O)OCCCCCCCCCCC=C2C3CC4CC(C3)CC2C4)CCCCC1. The minimum absolute atomic E-state index is 0.295. The fraction of sp³-hybridized carbons (Fsp3) is 0.931. The summed E-state index contributed by atoms with van der Waals surface area (Å²) in [5.74, 6) is 4.07. The van der Waals surface area contributed by atoms with Crippen LogP contribution in [0.4, 0.5) is 0 Å². The van der Waals surface area contributed by atoms with E-state index in [2.05, 4.69) is 13.1 Å². The predicted octanol–water partition coefficient (Wildman–Crippen LogP) is 7.64. The van der Waals surface area contributed by atoms with Crippen molar-refractivity contribution in [3.05, 3.63) is 11.6 Å². The van der Waals surface area contributed by atoms with E-state index in [9.17, 15) is 9.46 Å². The molecule has 4 bridgehead atoms. The van der Waals surface area contributed by atoms with Crippen molar-refractivity contribution in [1.82, 2.24) is 0 Å². The van der Waals surface area contributed by atoms with Crippen LogP contribution >= 0.6 is 7.82 Å². The maximum Gasteiger partial charge on any atom is 0.472 e. The summed E-state index contributed by atoms with van der Waals surface area (Å²) < 4.78 is 23.4. The van der Waals surface area contributed by atoms with Crippen LogP contribution in [0.5, 0.6) is 0 Å². The zero-order valence-electron chi connectivity index (χ0n) is 22.5. The molecule has 202 valence electrons. The Bertz CT molecular complexity index is 687. The smallest absolute Gasteiger partial charge is 0.324 e. The van der Waals surface area contributed by atoms with Gasteiger partial charge in [0.15, 0.2) is 0 Å². The minimum atomic E-state index is -3.90. The maximum absolute atomic E-state index is 12.1. The first-order chi connectivity index (χ1) is 16.9. The molecule has 1 atom stereocenters. The molecular formula is C29H53NO4P+. The number of quaternary nitrogens is 1. The molecule has 0 aromatic heterocycles.